The molecule has 3 N–H and O–H groups in total. The van der Waals surface area contributed by atoms with Crippen molar-refractivity contribution in [2.45, 2.75) is 52.4 Å². The molecule has 0 spiro atoms. The van der Waals surface area contributed by atoms with Gasteiger partial charge in [-0.3, -0.25) is 5.32 Å². The van der Waals surface area contributed by atoms with Gasteiger partial charge in [-0.1, -0.05) is 0 Å². The summed E-state index contributed by atoms with van der Waals surface area (Å²) in [5.41, 5.74) is 0.769. The molecule has 0 heterocycles. The number of methoxy groups -OCH3 is 3. The molecule has 0 fully saturated rings. The number of hydrogen-bond acceptors (Lipinski definition) is 7. The molecule has 166 valence electrons. The number of aliphatic hydroxyl groups excluding tert-OH is 2. The smallest absolute Gasteiger partial charge is 0.412 e. The summed E-state index contributed by atoms with van der Waals surface area (Å²) in [5.74, 6) is 1.16. The molecule has 0 bridgehead atoms. The second kappa shape index (κ2) is 8.97. The maximum atomic E-state index is 12.3. The quantitative estimate of drug-likeness (QED) is 0.649. The summed E-state index contributed by atoms with van der Waals surface area (Å²) in [6.07, 6.45) is -2.93. The Labute approximate surface area is 176 Å². The summed E-state index contributed by atoms with van der Waals surface area (Å²) in [7, 11) is 4.45. The van der Waals surface area contributed by atoms with Gasteiger partial charge in [0.1, 0.15) is 23.2 Å². The molecule has 0 aliphatic rings. The molecular formula is C22H31NO7. The Hall–Kier alpha value is -2.71. The first-order chi connectivity index (χ1) is 13.9. The minimum Gasteiger partial charge on any atom is -0.496 e. The van der Waals surface area contributed by atoms with Crippen LogP contribution in [0.5, 0.6) is 17.2 Å². The van der Waals surface area contributed by atoms with Crippen LogP contribution in [-0.4, -0.2) is 49.3 Å². The summed E-state index contributed by atoms with van der Waals surface area (Å²) in [4.78, 5) is 12.3. The van der Waals surface area contributed by atoms with Crippen LogP contribution in [0.3, 0.4) is 0 Å². The molecule has 1 amide bonds. The lowest BCUT2D eigenvalue weighted by atomic mass is 9.92. The van der Waals surface area contributed by atoms with E-state index in [1.807, 2.05) is 13.0 Å². The third-order valence-electron chi connectivity index (χ3n) is 4.53. The first-order valence-corrected chi connectivity index (χ1v) is 9.57. The van der Waals surface area contributed by atoms with E-state index < -0.39 is 23.9 Å². The van der Waals surface area contributed by atoms with Gasteiger partial charge in [0.15, 0.2) is 5.75 Å². The zero-order valence-corrected chi connectivity index (χ0v) is 18.7. The molecule has 0 aliphatic heterocycles. The third kappa shape index (κ3) is 4.71. The summed E-state index contributed by atoms with van der Waals surface area (Å²) >= 11 is 0. The van der Waals surface area contributed by atoms with Crippen molar-refractivity contribution >= 4 is 22.6 Å². The number of carbonyl (C=O) groups excluding carboxylic acids is 1. The van der Waals surface area contributed by atoms with Crippen LogP contribution < -0.4 is 19.5 Å². The fraction of sp³-hybridized carbons (Fsp3) is 0.500. The monoisotopic (exact) mass is 421 g/mol. The van der Waals surface area contributed by atoms with E-state index in [4.69, 9.17) is 18.9 Å². The Balaban J connectivity index is 2.83. The minimum absolute atomic E-state index is 0.346. The Bertz CT molecular complexity index is 932. The van der Waals surface area contributed by atoms with Crippen molar-refractivity contribution in [3.8, 4) is 17.2 Å². The van der Waals surface area contributed by atoms with Crippen molar-refractivity contribution in [1.82, 2.24) is 0 Å². The molecule has 2 aromatic carbocycles. The van der Waals surface area contributed by atoms with Gasteiger partial charge in [0.05, 0.1) is 33.1 Å². The topological polar surface area (TPSA) is 106 Å². The van der Waals surface area contributed by atoms with Gasteiger partial charge in [0.2, 0.25) is 0 Å². The van der Waals surface area contributed by atoms with Crippen LogP contribution >= 0.6 is 0 Å². The van der Waals surface area contributed by atoms with E-state index in [2.05, 4.69) is 5.32 Å². The highest BCUT2D eigenvalue weighted by Gasteiger charge is 2.28. The Morgan fingerprint density at radius 2 is 1.63 bits per heavy atom. The maximum absolute atomic E-state index is 12.3. The largest absolute Gasteiger partial charge is 0.496 e. The van der Waals surface area contributed by atoms with E-state index in [1.54, 1.807) is 26.8 Å². The second-order valence-corrected chi connectivity index (χ2v) is 8.03. The molecular weight excluding hydrogens is 390 g/mol. The molecule has 2 unspecified atom stereocenters. The lowest BCUT2D eigenvalue weighted by Gasteiger charge is -2.25. The first-order valence-electron chi connectivity index (χ1n) is 9.57. The number of rotatable bonds is 6. The number of fused-ring (bicyclic) bond motifs is 1. The molecule has 2 aromatic rings. The molecule has 8 nitrogen and oxygen atoms in total. The van der Waals surface area contributed by atoms with E-state index in [1.165, 1.54) is 28.3 Å². The lowest BCUT2D eigenvalue weighted by Crippen LogP contribution is -2.27. The molecule has 2 atom stereocenters. The van der Waals surface area contributed by atoms with Crippen LogP contribution in [0.15, 0.2) is 12.1 Å². The van der Waals surface area contributed by atoms with Crippen LogP contribution in [-0.2, 0) is 4.74 Å². The highest BCUT2D eigenvalue weighted by Crippen LogP contribution is 2.47. The van der Waals surface area contributed by atoms with Gasteiger partial charge in [-0.2, -0.15) is 0 Å². The van der Waals surface area contributed by atoms with Gasteiger partial charge in [-0.25, -0.2) is 4.79 Å². The number of hydrogen-bond donors (Lipinski definition) is 3. The molecule has 0 saturated carbocycles. The molecule has 0 saturated heterocycles. The number of carbonyl (C=O) groups is 1. The molecule has 0 radical (unpaired) electrons. The number of amides is 1. The fourth-order valence-corrected chi connectivity index (χ4v) is 3.37. The number of anilines is 1. The first kappa shape index (κ1) is 23.6. The van der Waals surface area contributed by atoms with Crippen molar-refractivity contribution < 1.29 is 34.0 Å². The van der Waals surface area contributed by atoms with E-state index in [9.17, 15) is 15.0 Å². The van der Waals surface area contributed by atoms with E-state index in [0.717, 1.165) is 5.56 Å². The van der Waals surface area contributed by atoms with Crippen molar-refractivity contribution in [3.63, 3.8) is 0 Å². The van der Waals surface area contributed by atoms with Crippen molar-refractivity contribution in [3.05, 3.63) is 23.3 Å². The maximum Gasteiger partial charge on any atom is 0.412 e. The van der Waals surface area contributed by atoms with Gasteiger partial charge >= 0.3 is 6.09 Å². The van der Waals surface area contributed by atoms with Crippen LogP contribution in [0.1, 0.15) is 44.9 Å². The second-order valence-electron chi connectivity index (χ2n) is 8.03. The molecule has 8 heteroatoms. The van der Waals surface area contributed by atoms with Gasteiger partial charge in [0, 0.05) is 22.4 Å². The van der Waals surface area contributed by atoms with Crippen LogP contribution in [0.25, 0.3) is 10.8 Å². The highest BCUT2D eigenvalue weighted by molar-refractivity contribution is 6.04. The lowest BCUT2D eigenvalue weighted by molar-refractivity contribution is 0.0299. The Morgan fingerprint density at radius 3 is 2.10 bits per heavy atom. The third-order valence-corrected chi connectivity index (χ3v) is 4.53. The van der Waals surface area contributed by atoms with Crippen LogP contribution in [0.2, 0.25) is 0 Å². The number of aliphatic hydroxyl groups is 2. The summed E-state index contributed by atoms with van der Waals surface area (Å²) in [5, 5.41) is 24.6. The highest BCUT2D eigenvalue weighted by atomic mass is 16.6. The van der Waals surface area contributed by atoms with Crippen LogP contribution in [0, 0.1) is 6.92 Å². The number of nitrogens with one attached hydrogen (secondary N) is 1. The van der Waals surface area contributed by atoms with Gasteiger partial charge < -0.3 is 29.2 Å². The molecule has 0 aliphatic carbocycles. The molecule has 0 aromatic heterocycles. The Morgan fingerprint density at radius 1 is 1.03 bits per heavy atom. The van der Waals surface area contributed by atoms with E-state index >= 15 is 0 Å². The summed E-state index contributed by atoms with van der Waals surface area (Å²) < 4.78 is 22.0. The molecule has 30 heavy (non-hydrogen) atoms. The van der Waals surface area contributed by atoms with Crippen molar-refractivity contribution in [1.29, 1.82) is 0 Å². The summed E-state index contributed by atoms with van der Waals surface area (Å²) in [6.45, 7) is 8.61. The average Bonchev–Trinajstić information content (AvgIpc) is 2.63. The van der Waals surface area contributed by atoms with Crippen molar-refractivity contribution in [2.75, 3.05) is 26.6 Å². The van der Waals surface area contributed by atoms with Gasteiger partial charge in [0.25, 0.3) is 0 Å². The number of aryl methyl sites for hydroxylation is 1. The zero-order chi connectivity index (χ0) is 22.8. The number of ether oxygens (including phenoxy) is 4. The number of benzene rings is 2. The van der Waals surface area contributed by atoms with Gasteiger partial charge in [-0.05, 0) is 46.2 Å². The fourth-order valence-electron chi connectivity index (χ4n) is 3.37. The standard InChI is InChI=1S/C22H31NO7/c1-11-9-13-16(17(19(11)28-7)18(25)12(2)24)15(27-6)10-14(20(13)29-8)23-21(26)30-22(3,4)5/h9-10,12,18,24-25H,1-8H3,(H,23,26). The summed E-state index contributed by atoms with van der Waals surface area (Å²) in [6, 6.07) is 3.40. The minimum atomic E-state index is -1.23. The predicted molar refractivity (Wildman–Crippen MR) is 115 cm³/mol. The predicted octanol–water partition coefficient (Wildman–Crippen LogP) is 3.94. The van der Waals surface area contributed by atoms with Crippen LogP contribution in [0.4, 0.5) is 10.5 Å². The normalized spacial score (nSPS) is 13.5. The molecule has 2 rings (SSSR count). The Kier molecular flexibility index (Phi) is 7.05. The zero-order valence-electron chi connectivity index (χ0n) is 18.7. The van der Waals surface area contributed by atoms with E-state index in [0.29, 0.717) is 39.3 Å². The SMILES string of the molecule is COc1c(C)cc2c(OC)c(NC(=O)OC(C)(C)C)cc(OC)c2c1C(O)C(C)O. The van der Waals surface area contributed by atoms with Gasteiger partial charge in [-0.15, -0.1) is 0 Å². The van der Waals surface area contributed by atoms with E-state index in [-0.39, 0.29) is 0 Å². The average molecular weight is 421 g/mol. The van der Waals surface area contributed by atoms with Crippen molar-refractivity contribution in [2.24, 2.45) is 0 Å².